The van der Waals surface area contributed by atoms with E-state index in [9.17, 15) is 9.59 Å². The average Bonchev–Trinajstić information content (AvgIpc) is 2.73. The van der Waals surface area contributed by atoms with Crippen molar-refractivity contribution >= 4 is 35.2 Å². The predicted octanol–water partition coefficient (Wildman–Crippen LogP) is 5.15. The molecule has 0 radical (unpaired) electrons. The molecule has 2 atom stereocenters. The third-order valence-electron chi connectivity index (χ3n) is 4.76. The molecule has 0 aliphatic heterocycles. The molecular weight excluding hydrogens is 404 g/mol. The summed E-state index contributed by atoms with van der Waals surface area (Å²) in [4.78, 5) is 28.7. The minimum Gasteiger partial charge on any atom is -0.352 e. The molecule has 29 heavy (non-hydrogen) atoms. The van der Waals surface area contributed by atoms with Crippen molar-refractivity contribution in [1.29, 1.82) is 0 Å². The number of halogens is 1. The fraction of sp³-hybridized carbons (Fsp3) is 0.391. The van der Waals surface area contributed by atoms with Gasteiger partial charge in [-0.1, -0.05) is 55.8 Å². The molecule has 0 heterocycles. The van der Waals surface area contributed by atoms with Crippen molar-refractivity contribution in [2.75, 3.05) is 5.75 Å². The number of rotatable bonds is 10. The highest BCUT2D eigenvalue weighted by Crippen LogP contribution is 2.21. The molecule has 0 unspecified atom stereocenters. The Hall–Kier alpha value is -1.98. The summed E-state index contributed by atoms with van der Waals surface area (Å²) in [6.07, 6.45) is 1.40. The summed E-state index contributed by atoms with van der Waals surface area (Å²) in [7, 11) is 0. The molecule has 0 aromatic heterocycles. The van der Waals surface area contributed by atoms with E-state index in [4.69, 9.17) is 11.6 Å². The van der Waals surface area contributed by atoms with Crippen molar-refractivity contribution < 1.29 is 9.59 Å². The molecule has 156 valence electrons. The van der Waals surface area contributed by atoms with Crippen LogP contribution in [0.1, 0.15) is 39.2 Å². The van der Waals surface area contributed by atoms with Crippen LogP contribution in [0.4, 0.5) is 0 Å². The number of carbonyl (C=O) groups excluding carboxylic acids is 2. The Morgan fingerprint density at radius 2 is 1.69 bits per heavy atom. The van der Waals surface area contributed by atoms with Crippen LogP contribution in [0.3, 0.4) is 0 Å². The van der Waals surface area contributed by atoms with Crippen molar-refractivity contribution in [3.63, 3.8) is 0 Å². The smallest absolute Gasteiger partial charge is 0.243 e. The summed E-state index contributed by atoms with van der Waals surface area (Å²) < 4.78 is 0. The third kappa shape index (κ3) is 7.41. The first kappa shape index (κ1) is 23.3. The summed E-state index contributed by atoms with van der Waals surface area (Å²) in [5, 5.41) is 3.67. The molecule has 4 nitrogen and oxygen atoms in total. The molecule has 0 fully saturated rings. The molecule has 2 rings (SSSR count). The van der Waals surface area contributed by atoms with Gasteiger partial charge in [0, 0.05) is 22.5 Å². The van der Waals surface area contributed by atoms with Gasteiger partial charge < -0.3 is 10.2 Å². The van der Waals surface area contributed by atoms with Gasteiger partial charge in [0.25, 0.3) is 0 Å². The number of amides is 2. The van der Waals surface area contributed by atoms with Gasteiger partial charge in [0.2, 0.25) is 11.8 Å². The molecule has 0 saturated carbocycles. The lowest BCUT2D eigenvalue weighted by Gasteiger charge is -2.31. The number of nitrogens with one attached hydrogen (secondary N) is 1. The van der Waals surface area contributed by atoms with Gasteiger partial charge in [0.05, 0.1) is 5.75 Å². The summed E-state index contributed by atoms with van der Waals surface area (Å²) in [6.45, 7) is 6.31. The van der Waals surface area contributed by atoms with E-state index >= 15 is 0 Å². The van der Waals surface area contributed by atoms with Crippen molar-refractivity contribution in [3.8, 4) is 0 Å². The zero-order valence-corrected chi connectivity index (χ0v) is 18.8. The van der Waals surface area contributed by atoms with E-state index in [0.717, 1.165) is 16.9 Å². The van der Waals surface area contributed by atoms with E-state index in [-0.39, 0.29) is 23.6 Å². The normalized spacial score (nSPS) is 12.8. The van der Waals surface area contributed by atoms with E-state index in [1.165, 1.54) is 11.8 Å². The topological polar surface area (TPSA) is 49.4 Å². The Bertz CT molecular complexity index is 783. The predicted molar refractivity (Wildman–Crippen MR) is 121 cm³/mol. The van der Waals surface area contributed by atoms with Crippen LogP contribution in [-0.2, 0) is 16.1 Å². The van der Waals surface area contributed by atoms with Crippen LogP contribution in [-0.4, -0.2) is 34.6 Å². The van der Waals surface area contributed by atoms with Gasteiger partial charge in [-0.25, -0.2) is 0 Å². The fourth-order valence-electron chi connectivity index (χ4n) is 2.89. The van der Waals surface area contributed by atoms with Crippen molar-refractivity contribution in [2.45, 2.75) is 57.1 Å². The molecule has 6 heteroatoms. The quantitative estimate of drug-likeness (QED) is 0.528. The number of nitrogens with zero attached hydrogens (tertiary/aromatic N) is 1. The molecule has 0 saturated heterocycles. The van der Waals surface area contributed by atoms with E-state index in [1.54, 1.807) is 17.0 Å². The lowest BCUT2D eigenvalue weighted by molar-refractivity contribution is -0.139. The highest BCUT2D eigenvalue weighted by atomic mass is 35.5. The van der Waals surface area contributed by atoms with Crippen molar-refractivity contribution in [2.24, 2.45) is 0 Å². The minimum absolute atomic E-state index is 0.0556. The standard InChI is InChI=1S/C23H29ClN2O2S/c1-4-17(3)25-23(28)21(5-2)26(15-18-11-13-19(24)14-12-18)22(27)16-29-20-9-7-6-8-10-20/h6-14,17,21H,4-5,15-16H2,1-3H3,(H,25,28)/t17-,21-/m1/s1. The van der Waals surface area contributed by atoms with Crippen LogP contribution in [0.15, 0.2) is 59.5 Å². The third-order valence-corrected chi connectivity index (χ3v) is 6.01. The van der Waals surface area contributed by atoms with Crippen LogP contribution in [0.5, 0.6) is 0 Å². The van der Waals surface area contributed by atoms with Gasteiger partial charge in [-0.3, -0.25) is 9.59 Å². The molecule has 2 aromatic rings. The highest BCUT2D eigenvalue weighted by Gasteiger charge is 2.29. The van der Waals surface area contributed by atoms with Crippen molar-refractivity contribution in [3.05, 3.63) is 65.2 Å². The van der Waals surface area contributed by atoms with Gasteiger partial charge in [0.15, 0.2) is 0 Å². The lowest BCUT2D eigenvalue weighted by Crippen LogP contribution is -2.51. The summed E-state index contributed by atoms with van der Waals surface area (Å²) in [5.74, 6) is 0.124. The maximum atomic E-state index is 13.1. The second-order valence-corrected chi connectivity index (χ2v) is 8.48. The second-order valence-electron chi connectivity index (χ2n) is 6.99. The summed E-state index contributed by atoms with van der Waals surface area (Å²) in [5.41, 5.74) is 0.947. The molecule has 0 spiro atoms. The Kier molecular flexibility index (Phi) is 9.55. The Morgan fingerprint density at radius 3 is 2.28 bits per heavy atom. The second kappa shape index (κ2) is 11.9. The SMILES string of the molecule is CC[C@@H](C)NC(=O)[C@@H](CC)N(Cc1ccc(Cl)cc1)C(=O)CSc1ccccc1. The molecule has 0 aliphatic rings. The van der Waals surface area contributed by atoms with E-state index < -0.39 is 6.04 Å². The van der Waals surface area contributed by atoms with Crippen LogP contribution >= 0.6 is 23.4 Å². The number of carbonyl (C=O) groups is 2. The molecule has 0 bridgehead atoms. The Labute approximate surface area is 183 Å². The monoisotopic (exact) mass is 432 g/mol. The first-order valence-corrected chi connectivity index (χ1v) is 11.3. The van der Waals surface area contributed by atoms with Gasteiger partial charge in [-0.15, -0.1) is 11.8 Å². The first-order valence-electron chi connectivity index (χ1n) is 9.96. The largest absolute Gasteiger partial charge is 0.352 e. The maximum Gasteiger partial charge on any atom is 0.243 e. The van der Waals surface area contributed by atoms with Gasteiger partial charge in [-0.05, 0) is 49.6 Å². The van der Waals surface area contributed by atoms with Gasteiger partial charge in [-0.2, -0.15) is 0 Å². The summed E-state index contributed by atoms with van der Waals surface area (Å²) in [6, 6.07) is 16.8. The van der Waals surface area contributed by atoms with Gasteiger partial charge >= 0.3 is 0 Å². The van der Waals surface area contributed by atoms with Crippen molar-refractivity contribution in [1.82, 2.24) is 10.2 Å². The average molecular weight is 433 g/mol. The number of thioether (sulfide) groups is 1. The number of benzene rings is 2. The van der Waals surface area contributed by atoms with Crippen LogP contribution in [0.25, 0.3) is 0 Å². The summed E-state index contributed by atoms with van der Waals surface area (Å²) >= 11 is 7.48. The highest BCUT2D eigenvalue weighted by molar-refractivity contribution is 8.00. The lowest BCUT2D eigenvalue weighted by atomic mass is 10.1. The number of hydrogen-bond acceptors (Lipinski definition) is 3. The zero-order chi connectivity index (χ0) is 21.2. The minimum atomic E-state index is -0.511. The first-order chi connectivity index (χ1) is 13.9. The van der Waals surface area contributed by atoms with Gasteiger partial charge in [0.1, 0.15) is 6.04 Å². The molecule has 0 aliphatic carbocycles. The molecule has 1 N–H and O–H groups in total. The van der Waals surface area contributed by atoms with Crippen LogP contribution < -0.4 is 5.32 Å². The Morgan fingerprint density at radius 1 is 1.03 bits per heavy atom. The van der Waals surface area contributed by atoms with E-state index in [1.807, 2.05) is 63.2 Å². The fourth-order valence-corrected chi connectivity index (χ4v) is 3.82. The molecule has 2 aromatic carbocycles. The molecular formula is C23H29ClN2O2S. The zero-order valence-electron chi connectivity index (χ0n) is 17.2. The van der Waals surface area contributed by atoms with E-state index in [0.29, 0.717) is 18.0 Å². The molecule has 2 amide bonds. The van der Waals surface area contributed by atoms with Crippen LogP contribution in [0.2, 0.25) is 5.02 Å². The van der Waals surface area contributed by atoms with E-state index in [2.05, 4.69) is 5.32 Å². The van der Waals surface area contributed by atoms with Crippen LogP contribution in [0, 0.1) is 0 Å². The Balaban J connectivity index is 2.19. The number of hydrogen-bond donors (Lipinski definition) is 1. The maximum absolute atomic E-state index is 13.1.